The molecule has 0 saturated heterocycles. The van der Waals surface area contributed by atoms with Crippen molar-refractivity contribution >= 4 is 16.7 Å². The molecule has 1 aromatic carbocycles. The lowest BCUT2D eigenvalue weighted by Crippen LogP contribution is -2.09. The summed E-state index contributed by atoms with van der Waals surface area (Å²) in [7, 11) is 0. The van der Waals surface area contributed by atoms with Crippen LogP contribution in [0.5, 0.6) is 0 Å². The van der Waals surface area contributed by atoms with Gasteiger partial charge in [0.1, 0.15) is 0 Å². The van der Waals surface area contributed by atoms with Crippen LogP contribution < -0.4 is 0 Å². The zero-order valence-electron chi connectivity index (χ0n) is 9.71. The lowest BCUT2D eigenvalue weighted by atomic mass is 9.99. The summed E-state index contributed by atoms with van der Waals surface area (Å²) in [6.45, 7) is 4.89. The second kappa shape index (κ2) is 3.21. The predicted molar refractivity (Wildman–Crippen MR) is 65.0 cm³/mol. The molecule has 16 heavy (non-hydrogen) atoms. The van der Waals surface area contributed by atoms with Crippen molar-refractivity contribution in [2.75, 3.05) is 0 Å². The van der Waals surface area contributed by atoms with Crippen LogP contribution >= 0.6 is 0 Å². The molecule has 0 spiro atoms. The van der Waals surface area contributed by atoms with Gasteiger partial charge in [-0.15, -0.1) is 0 Å². The third kappa shape index (κ3) is 1.22. The SMILES string of the molecule is CC(=O)c1cc2c3c(c1)cc(C)n3CCC2. The third-order valence-corrected chi connectivity index (χ3v) is 3.51. The highest BCUT2D eigenvalue weighted by Crippen LogP contribution is 2.29. The first kappa shape index (κ1) is 9.64. The van der Waals surface area contributed by atoms with Crippen LogP contribution in [0.25, 0.3) is 10.9 Å². The molecular weight excluding hydrogens is 198 g/mol. The first-order chi connectivity index (χ1) is 7.66. The minimum absolute atomic E-state index is 0.161. The average Bonchev–Trinajstić information content (AvgIpc) is 2.58. The molecule has 0 aliphatic carbocycles. The molecule has 0 bridgehead atoms. The fourth-order valence-corrected chi connectivity index (χ4v) is 2.75. The topological polar surface area (TPSA) is 22.0 Å². The van der Waals surface area contributed by atoms with E-state index in [1.54, 1.807) is 6.92 Å². The summed E-state index contributed by atoms with van der Waals surface area (Å²) in [5, 5.41) is 1.22. The predicted octanol–water partition coefficient (Wildman–Crippen LogP) is 3.10. The van der Waals surface area contributed by atoms with Crippen molar-refractivity contribution in [2.45, 2.75) is 33.2 Å². The molecule has 0 amide bonds. The van der Waals surface area contributed by atoms with E-state index in [-0.39, 0.29) is 5.78 Å². The molecule has 0 fully saturated rings. The molecule has 2 heterocycles. The summed E-state index contributed by atoms with van der Waals surface area (Å²) < 4.78 is 2.37. The normalized spacial score (nSPS) is 14.4. The van der Waals surface area contributed by atoms with Crippen LogP contribution in [0, 0.1) is 6.92 Å². The lowest BCUT2D eigenvalue weighted by molar-refractivity contribution is 0.101. The van der Waals surface area contributed by atoms with Crippen LogP contribution in [-0.2, 0) is 13.0 Å². The van der Waals surface area contributed by atoms with E-state index in [0.29, 0.717) is 0 Å². The Balaban J connectivity index is 2.39. The fraction of sp³-hybridized carbons (Fsp3) is 0.357. The van der Waals surface area contributed by atoms with Crippen molar-refractivity contribution in [1.29, 1.82) is 0 Å². The van der Waals surface area contributed by atoms with Gasteiger partial charge in [0.2, 0.25) is 0 Å². The highest BCUT2D eigenvalue weighted by Gasteiger charge is 2.16. The number of carbonyl (C=O) groups is 1. The number of ketones is 1. The molecule has 1 aliphatic rings. The summed E-state index contributed by atoms with van der Waals surface area (Å²) in [4.78, 5) is 11.5. The van der Waals surface area contributed by atoms with E-state index in [1.165, 1.54) is 28.6 Å². The van der Waals surface area contributed by atoms with Crippen molar-refractivity contribution < 1.29 is 4.79 Å². The molecule has 0 saturated carbocycles. The van der Waals surface area contributed by atoms with Crippen LogP contribution in [0.3, 0.4) is 0 Å². The number of rotatable bonds is 1. The Morgan fingerprint density at radius 2 is 2.12 bits per heavy atom. The minimum atomic E-state index is 0.161. The maximum Gasteiger partial charge on any atom is 0.159 e. The molecule has 0 atom stereocenters. The van der Waals surface area contributed by atoms with Gasteiger partial charge in [-0.25, -0.2) is 0 Å². The quantitative estimate of drug-likeness (QED) is 0.667. The van der Waals surface area contributed by atoms with Gasteiger partial charge >= 0.3 is 0 Å². The van der Waals surface area contributed by atoms with E-state index in [9.17, 15) is 4.79 Å². The standard InChI is InChI=1S/C14H15NO/c1-9-6-13-8-12(10(2)16)7-11-4-3-5-15(9)14(11)13/h6-8H,3-5H2,1-2H3. The van der Waals surface area contributed by atoms with E-state index in [4.69, 9.17) is 0 Å². The molecule has 2 nitrogen and oxygen atoms in total. The van der Waals surface area contributed by atoms with Crippen LogP contribution in [0.4, 0.5) is 0 Å². The van der Waals surface area contributed by atoms with Crippen molar-refractivity contribution in [2.24, 2.45) is 0 Å². The Morgan fingerprint density at radius 1 is 1.31 bits per heavy atom. The first-order valence-electron chi connectivity index (χ1n) is 5.80. The summed E-state index contributed by atoms with van der Waals surface area (Å²) >= 11 is 0. The summed E-state index contributed by atoms with van der Waals surface area (Å²) in [6, 6.07) is 6.28. The van der Waals surface area contributed by atoms with Gasteiger partial charge in [0, 0.05) is 23.2 Å². The van der Waals surface area contributed by atoms with E-state index in [0.717, 1.165) is 18.5 Å². The Morgan fingerprint density at radius 3 is 2.88 bits per heavy atom. The van der Waals surface area contributed by atoms with Gasteiger partial charge < -0.3 is 4.57 Å². The highest BCUT2D eigenvalue weighted by molar-refractivity contribution is 5.99. The Bertz CT molecular complexity index is 592. The Hall–Kier alpha value is -1.57. The second-order valence-electron chi connectivity index (χ2n) is 4.67. The molecule has 1 aromatic heterocycles. The van der Waals surface area contributed by atoms with Crippen LogP contribution in [0.1, 0.15) is 35.0 Å². The molecule has 2 heteroatoms. The van der Waals surface area contributed by atoms with E-state index in [2.05, 4.69) is 23.6 Å². The highest BCUT2D eigenvalue weighted by atomic mass is 16.1. The molecule has 3 rings (SSSR count). The number of nitrogens with zero attached hydrogens (tertiary/aromatic N) is 1. The number of hydrogen-bond donors (Lipinski definition) is 0. The van der Waals surface area contributed by atoms with Crippen molar-refractivity contribution in [3.63, 3.8) is 0 Å². The van der Waals surface area contributed by atoms with Crippen molar-refractivity contribution in [3.8, 4) is 0 Å². The minimum Gasteiger partial charge on any atom is -0.345 e. The second-order valence-corrected chi connectivity index (χ2v) is 4.67. The van der Waals surface area contributed by atoms with Gasteiger partial charge in [-0.05, 0) is 50.5 Å². The summed E-state index contributed by atoms with van der Waals surface area (Å²) in [5.74, 6) is 0.161. The van der Waals surface area contributed by atoms with E-state index in [1.807, 2.05) is 6.07 Å². The Kier molecular flexibility index (Phi) is 1.93. The first-order valence-corrected chi connectivity index (χ1v) is 5.80. The number of aromatic nitrogens is 1. The zero-order chi connectivity index (χ0) is 11.3. The number of carbonyl (C=O) groups excluding carboxylic acids is 1. The van der Waals surface area contributed by atoms with Gasteiger partial charge in [-0.2, -0.15) is 0 Å². The lowest BCUT2D eigenvalue weighted by Gasteiger charge is -2.17. The molecule has 82 valence electrons. The van der Waals surface area contributed by atoms with E-state index < -0.39 is 0 Å². The molecule has 0 N–H and O–H groups in total. The number of aryl methyl sites for hydroxylation is 3. The Labute approximate surface area is 94.9 Å². The van der Waals surface area contributed by atoms with Gasteiger partial charge in [0.15, 0.2) is 5.78 Å². The molecular formula is C14H15NO. The summed E-state index contributed by atoms with van der Waals surface area (Å²) in [5.41, 5.74) is 4.83. The maximum absolute atomic E-state index is 11.5. The molecule has 1 aliphatic heterocycles. The molecule has 2 aromatic rings. The zero-order valence-corrected chi connectivity index (χ0v) is 9.71. The molecule has 0 radical (unpaired) electrons. The summed E-state index contributed by atoms with van der Waals surface area (Å²) in [6.07, 6.45) is 2.28. The van der Waals surface area contributed by atoms with Gasteiger partial charge in [0.25, 0.3) is 0 Å². The molecule has 0 unspecified atom stereocenters. The third-order valence-electron chi connectivity index (χ3n) is 3.51. The van der Waals surface area contributed by atoms with Crippen LogP contribution in [0.2, 0.25) is 0 Å². The number of hydrogen-bond acceptors (Lipinski definition) is 1. The number of Topliss-reactive ketones (excluding diaryl/α,β-unsaturated/α-hetero) is 1. The maximum atomic E-state index is 11.5. The largest absolute Gasteiger partial charge is 0.345 e. The average molecular weight is 213 g/mol. The van der Waals surface area contributed by atoms with Gasteiger partial charge in [-0.1, -0.05) is 0 Å². The monoisotopic (exact) mass is 213 g/mol. The van der Waals surface area contributed by atoms with Gasteiger partial charge in [0.05, 0.1) is 5.52 Å². The van der Waals surface area contributed by atoms with Crippen molar-refractivity contribution in [1.82, 2.24) is 4.57 Å². The van der Waals surface area contributed by atoms with Gasteiger partial charge in [-0.3, -0.25) is 4.79 Å². The van der Waals surface area contributed by atoms with Crippen LogP contribution in [-0.4, -0.2) is 10.4 Å². The van der Waals surface area contributed by atoms with E-state index >= 15 is 0 Å². The smallest absolute Gasteiger partial charge is 0.159 e. The number of benzene rings is 1. The van der Waals surface area contributed by atoms with Crippen LogP contribution in [0.15, 0.2) is 18.2 Å². The van der Waals surface area contributed by atoms with Crippen molar-refractivity contribution in [3.05, 3.63) is 35.0 Å². The fourth-order valence-electron chi connectivity index (χ4n) is 2.75.